The lowest BCUT2D eigenvalue weighted by molar-refractivity contribution is 0.0524. The number of halogens is 1. The van der Waals surface area contributed by atoms with Gasteiger partial charge in [0.1, 0.15) is 11.5 Å². The SMILES string of the molecule is CCOC(=O)c1ccc(C(=O)N(C)CCCc2cc(-c3ccc(F)cc3)n[nH]2)nc1C. The third-order valence-corrected chi connectivity index (χ3v) is 4.86. The first-order valence-corrected chi connectivity index (χ1v) is 10.1. The van der Waals surface area contributed by atoms with Crippen molar-refractivity contribution in [2.24, 2.45) is 0 Å². The number of carbonyl (C=O) groups is 2. The summed E-state index contributed by atoms with van der Waals surface area (Å²) in [7, 11) is 1.72. The minimum Gasteiger partial charge on any atom is -0.462 e. The second-order valence-corrected chi connectivity index (χ2v) is 7.17. The Morgan fingerprint density at radius 2 is 1.90 bits per heavy atom. The number of aryl methyl sites for hydroxylation is 2. The van der Waals surface area contributed by atoms with Crippen LogP contribution in [0.4, 0.5) is 4.39 Å². The maximum atomic E-state index is 13.1. The predicted molar refractivity (Wildman–Crippen MR) is 114 cm³/mol. The monoisotopic (exact) mass is 424 g/mol. The number of hydrogen-bond acceptors (Lipinski definition) is 5. The van der Waals surface area contributed by atoms with Gasteiger partial charge in [0.15, 0.2) is 0 Å². The maximum Gasteiger partial charge on any atom is 0.339 e. The highest BCUT2D eigenvalue weighted by Crippen LogP contribution is 2.18. The van der Waals surface area contributed by atoms with Crippen LogP contribution >= 0.6 is 0 Å². The van der Waals surface area contributed by atoms with Crippen molar-refractivity contribution >= 4 is 11.9 Å². The fraction of sp³-hybridized carbons (Fsp3) is 0.304. The Bertz CT molecular complexity index is 1060. The van der Waals surface area contributed by atoms with Gasteiger partial charge in [-0.2, -0.15) is 5.10 Å². The highest BCUT2D eigenvalue weighted by molar-refractivity contribution is 5.94. The van der Waals surface area contributed by atoms with Crippen LogP contribution in [0.25, 0.3) is 11.3 Å². The second kappa shape index (κ2) is 9.97. The normalized spacial score (nSPS) is 10.7. The van der Waals surface area contributed by atoms with E-state index < -0.39 is 5.97 Å². The van der Waals surface area contributed by atoms with Gasteiger partial charge in [-0.05, 0) is 69.2 Å². The maximum absolute atomic E-state index is 13.1. The summed E-state index contributed by atoms with van der Waals surface area (Å²) < 4.78 is 18.0. The highest BCUT2D eigenvalue weighted by atomic mass is 19.1. The van der Waals surface area contributed by atoms with Crippen molar-refractivity contribution in [1.82, 2.24) is 20.1 Å². The Kier molecular flexibility index (Phi) is 7.12. The van der Waals surface area contributed by atoms with Crippen LogP contribution in [0.3, 0.4) is 0 Å². The molecule has 0 unspecified atom stereocenters. The third-order valence-electron chi connectivity index (χ3n) is 4.86. The van der Waals surface area contributed by atoms with E-state index >= 15 is 0 Å². The molecule has 2 heterocycles. The number of pyridine rings is 1. The molecular formula is C23H25FN4O3. The van der Waals surface area contributed by atoms with Gasteiger partial charge in [-0.3, -0.25) is 9.89 Å². The van der Waals surface area contributed by atoms with Crippen molar-refractivity contribution < 1.29 is 18.7 Å². The van der Waals surface area contributed by atoms with Crippen LogP contribution < -0.4 is 0 Å². The molecule has 1 N–H and O–H groups in total. The Hall–Kier alpha value is -3.55. The zero-order valence-electron chi connectivity index (χ0n) is 17.8. The van der Waals surface area contributed by atoms with Crippen LogP contribution in [-0.2, 0) is 11.2 Å². The standard InChI is InChI=1S/C23H25FN4O3/c1-4-31-23(30)19-11-12-20(25-15(19)2)22(29)28(3)13-5-6-18-14-21(27-26-18)16-7-9-17(24)10-8-16/h7-12,14H,4-6,13H2,1-3H3,(H,26,27). The van der Waals surface area contributed by atoms with Crippen LogP contribution in [0.5, 0.6) is 0 Å². The molecule has 162 valence electrons. The summed E-state index contributed by atoms with van der Waals surface area (Å²) in [5, 5.41) is 7.25. The molecule has 0 aliphatic rings. The molecule has 0 spiro atoms. The first kappa shape index (κ1) is 22.1. The molecule has 1 amide bonds. The molecule has 3 rings (SSSR count). The van der Waals surface area contributed by atoms with Crippen molar-refractivity contribution in [3.05, 3.63) is 70.9 Å². The summed E-state index contributed by atoms with van der Waals surface area (Å²) in [5.74, 6) is -0.943. The molecule has 0 fully saturated rings. The van der Waals surface area contributed by atoms with Gasteiger partial charge in [-0.1, -0.05) is 0 Å². The van der Waals surface area contributed by atoms with Crippen molar-refractivity contribution in [3.8, 4) is 11.3 Å². The van der Waals surface area contributed by atoms with Crippen LogP contribution in [0, 0.1) is 12.7 Å². The van der Waals surface area contributed by atoms with E-state index in [4.69, 9.17) is 4.74 Å². The Morgan fingerprint density at radius 3 is 2.58 bits per heavy atom. The van der Waals surface area contributed by atoms with Crippen molar-refractivity contribution in [1.29, 1.82) is 0 Å². The van der Waals surface area contributed by atoms with E-state index in [0.717, 1.165) is 23.4 Å². The molecule has 0 aliphatic heterocycles. The van der Waals surface area contributed by atoms with E-state index in [-0.39, 0.29) is 24.0 Å². The van der Waals surface area contributed by atoms with Gasteiger partial charge in [-0.15, -0.1) is 0 Å². The van der Waals surface area contributed by atoms with E-state index in [0.29, 0.717) is 24.2 Å². The van der Waals surface area contributed by atoms with E-state index in [1.165, 1.54) is 12.1 Å². The Morgan fingerprint density at radius 1 is 1.16 bits per heavy atom. The number of ether oxygens (including phenoxy) is 1. The van der Waals surface area contributed by atoms with Gasteiger partial charge in [0, 0.05) is 24.8 Å². The Labute approximate surface area is 180 Å². The first-order valence-electron chi connectivity index (χ1n) is 10.1. The van der Waals surface area contributed by atoms with E-state index in [1.54, 1.807) is 50.1 Å². The van der Waals surface area contributed by atoms with Crippen LogP contribution in [-0.4, -0.2) is 52.2 Å². The Balaban J connectivity index is 1.54. The average Bonchev–Trinajstić information content (AvgIpc) is 3.22. The summed E-state index contributed by atoms with van der Waals surface area (Å²) in [6.07, 6.45) is 1.44. The number of H-pyrrole nitrogens is 1. The molecular weight excluding hydrogens is 399 g/mol. The third kappa shape index (κ3) is 5.53. The molecule has 7 nitrogen and oxygen atoms in total. The number of benzene rings is 1. The molecule has 0 aliphatic carbocycles. The van der Waals surface area contributed by atoms with Crippen molar-refractivity contribution in [2.45, 2.75) is 26.7 Å². The van der Waals surface area contributed by atoms with E-state index in [1.807, 2.05) is 6.07 Å². The minimum atomic E-state index is -0.445. The van der Waals surface area contributed by atoms with Crippen LogP contribution in [0.1, 0.15) is 45.6 Å². The average molecular weight is 424 g/mol. The van der Waals surface area contributed by atoms with Gasteiger partial charge < -0.3 is 9.64 Å². The van der Waals surface area contributed by atoms with Gasteiger partial charge in [0.05, 0.1) is 23.6 Å². The molecule has 0 saturated heterocycles. The lowest BCUT2D eigenvalue weighted by Gasteiger charge is -2.17. The number of esters is 1. The number of nitrogens with one attached hydrogen (secondary N) is 1. The molecule has 8 heteroatoms. The molecule has 0 bridgehead atoms. The molecule has 31 heavy (non-hydrogen) atoms. The summed E-state index contributed by atoms with van der Waals surface area (Å²) in [5.41, 5.74) is 3.63. The molecule has 1 aromatic carbocycles. The van der Waals surface area contributed by atoms with Crippen LogP contribution in [0.15, 0.2) is 42.5 Å². The van der Waals surface area contributed by atoms with Crippen molar-refractivity contribution in [3.63, 3.8) is 0 Å². The van der Waals surface area contributed by atoms with E-state index in [2.05, 4.69) is 15.2 Å². The van der Waals surface area contributed by atoms with Crippen molar-refractivity contribution in [2.75, 3.05) is 20.2 Å². The van der Waals surface area contributed by atoms with Gasteiger partial charge >= 0.3 is 5.97 Å². The largest absolute Gasteiger partial charge is 0.462 e. The fourth-order valence-electron chi connectivity index (χ4n) is 3.17. The predicted octanol–water partition coefficient (Wildman–Crippen LogP) is 3.80. The summed E-state index contributed by atoms with van der Waals surface area (Å²) in [6, 6.07) is 11.2. The zero-order chi connectivity index (χ0) is 22.4. The second-order valence-electron chi connectivity index (χ2n) is 7.17. The fourth-order valence-corrected chi connectivity index (χ4v) is 3.17. The summed E-state index contributed by atoms with van der Waals surface area (Å²) in [4.78, 5) is 30.4. The number of carbonyl (C=O) groups excluding carboxylic acids is 2. The molecule has 0 radical (unpaired) electrons. The van der Waals surface area contributed by atoms with Gasteiger partial charge in [0.25, 0.3) is 5.91 Å². The number of amides is 1. The van der Waals surface area contributed by atoms with E-state index in [9.17, 15) is 14.0 Å². The molecule has 0 saturated carbocycles. The number of aromatic nitrogens is 3. The van der Waals surface area contributed by atoms with Gasteiger partial charge in [-0.25, -0.2) is 14.2 Å². The minimum absolute atomic E-state index is 0.213. The lowest BCUT2D eigenvalue weighted by Crippen LogP contribution is -2.29. The zero-order valence-corrected chi connectivity index (χ0v) is 17.8. The smallest absolute Gasteiger partial charge is 0.339 e. The highest BCUT2D eigenvalue weighted by Gasteiger charge is 2.17. The molecule has 0 atom stereocenters. The lowest BCUT2D eigenvalue weighted by atomic mass is 10.1. The first-order chi connectivity index (χ1) is 14.9. The molecule has 3 aromatic rings. The number of rotatable bonds is 8. The van der Waals surface area contributed by atoms with Gasteiger partial charge in [0.2, 0.25) is 0 Å². The van der Waals surface area contributed by atoms with Crippen LogP contribution in [0.2, 0.25) is 0 Å². The number of aromatic amines is 1. The summed E-state index contributed by atoms with van der Waals surface area (Å²) >= 11 is 0. The summed E-state index contributed by atoms with van der Waals surface area (Å²) in [6.45, 7) is 4.23. The molecule has 2 aromatic heterocycles. The number of hydrogen-bond donors (Lipinski definition) is 1. The quantitative estimate of drug-likeness (QED) is 0.556. The topological polar surface area (TPSA) is 88.2 Å². The number of nitrogens with zero attached hydrogens (tertiary/aromatic N) is 3.